The molecule has 0 nitrogen and oxygen atoms in total. The van der Waals surface area contributed by atoms with Crippen molar-refractivity contribution in [3.8, 4) is 0 Å². The van der Waals surface area contributed by atoms with Crippen LogP contribution in [0.5, 0.6) is 0 Å². The molecule has 154 valence electrons. The summed E-state index contributed by atoms with van der Waals surface area (Å²) < 4.78 is 150. The zero-order valence-electron chi connectivity index (χ0n) is 12.9. The van der Waals surface area contributed by atoms with Gasteiger partial charge in [0.15, 0.2) is 0 Å². The second-order valence-corrected chi connectivity index (χ2v) is 5.44. The molecule has 0 saturated heterocycles. The van der Waals surface area contributed by atoms with Gasteiger partial charge >= 0.3 is 24.0 Å². The van der Waals surface area contributed by atoms with Crippen molar-refractivity contribution < 1.29 is 52.7 Å². The van der Waals surface area contributed by atoms with E-state index in [0.29, 0.717) is 0 Å². The Balaban J connectivity index is 4.31. The molecular formula is C14H14F12. The van der Waals surface area contributed by atoms with E-state index in [4.69, 9.17) is 0 Å². The summed E-state index contributed by atoms with van der Waals surface area (Å²) in [5, 5.41) is 0. The maximum Gasteiger partial charge on any atom is 0.307 e. The van der Waals surface area contributed by atoms with Crippen molar-refractivity contribution in [3.63, 3.8) is 0 Å². The maximum absolute atomic E-state index is 13.2. The van der Waals surface area contributed by atoms with Gasteiger partial charge in [0.1, 0.15) is 12.3 Å². The Morgan fingerprint density at radius 2 is 0.846 bits per heavy atom. The third-order valence-electron chi connectivity index (χ3n) is 3.21. The van der Waals surface area contributed by atoms with E-state index < -0.39 is 73.7 Å². The normalized spacial score (nSPS) is 14.8. The quantitative estimate of drug-likeness (QED) is 0.246. The summed E-state index contributed by atoms with van der Waals surface area (Å²) in [6, 6.07) is 0. The molecule has 0 N–H and O–H groups in total. The van der Waals surface area contributed by atoms with Gasteiger partial charge in [0.05, 0.1) is 0 Å². The van der Waals surface area contributed by atoms with Gasteiger partial charge in [-0.2, -0.15) is 43.9 Å². The van der Waals surface area contributed by atoms with Crippen LogP contribution >= 0.6 is 0 Å². The van der Waals surface area contributed by atoms with Crippen LogP contribution < -0.4 is 0 Å². The fraction of sp³-hybridized carbons (Fsp3) is 0.714. The van der Waals surface area contributed by atoms with Crippen LogP contribution in [0, 0.1) is 0 Å². The number of halogens is 12. The standard InChI is InChI=1S/C14H14F12/c15-7(5-13(23,24)9(17)11(19)20)3-1-2-4-8(16)6-14(25,26)10(18)12(21)22/h7-8H,1-6H2. The first-order valence-electron chi connectivity index (χ1n) is 7.17. The number of unbranched alkanes of at least 4 members (excludes halogenated alkanes) is 1. The van der Waals surface area contributed by atoms with Crippen LogP contribution in [-0.4, -0.2) is 24.2 Å². The van der Waals surface area contributed by atoms with E-state index in [0.717, 1.165) is 0 Å². The minimum absolute atomic E-state index is 0.359. The summed E-state index contributed by atoms with van der Waals surface area (Å²) in [7, 11) is 0. The highest BCUT2D eigenvalue weighted by Crippen LogP contribution is 2.36. The molecule has 0 aliphatic carbocycles. The molecule has 2 unspecified atom stereocenters. The SMILES string of the molecule is FC(F)=C(F)C(F)(F)CC(F)CCCCC(F)CC(F)(F)C(F)=C(F)F. The van der Waals surface area contributed by atoms with Crippen LogP contribution in [-0.2, 0) is 0 Å². The number of hydrogen-bond donors (Lipinski definition) is 0. The van der Waals surface area contributed by atoms with Crippen molar-refractivity contribution in [1.29, 1.82) is 0 Å². The Morgan fingerprint density at radius 3 is 1.08 bits per heavy atom. The second-order valence-electron chi connectivity index (χ2n) is 5.44. The molecule has 0 saturated carbocycles. The minimum atomic E-state index is -4.73. The highest BCUT2D eigenvalue weighted by Gasteiger charge is 2.42. The van der Waals surface area contributed by atoms with Gasteiger partial charge in [-0.25, -0.2) is 8.78 Å². The predicted molar refractivity (Wildman–Crippen MR) is 68.1 cm³/mol. The molecule has 0 amide bonds. The molecule has 2 atom stereocenters. The van der Waals surface area contributed by atoms with Gasteiger partial charge in [0, 0.05) is 12.8 Å². The smallest absolute Gasteiger partial charge is 0.247 e. The molecule has 26 heavy (non-hydrogen) atoms. The molecule has 0 rings (SSSR count). The van der Waals surface area contributed by atoms with Gasteiger partial charge in [0.2, 0.25) is 11.7 Å². The Hall–Kier alpha value is -1.36. The zero-order chi connectivity index (χ0) is 20.7. The number of allylic oxidation sites excluding steroid dienone is 2. The fourth-order valence-electron chi connectivity index (χ4n) is 1.95. The van der Waals surface area contributed by atoms with Gasteiger partial charge in [-0.1, -0.05) is 12.8 Å². The third-order valence-corrected chi connectivity index (χ3v) is 3.21. The average Bonchev–Trinajstić information content (AvgIpc) is 2.48. The van der Waals surface area contributed by atoms with E-state index in [1.165, 1.54) is 0 Å². The molecule has 12 heteroatoms. The summed E-state index contributed by atoms with van der Waals surface area (Å²) >= 11 is 0. The molecular weight excluding hydrogens is 396 g/mol. The van der Waals surface area contributed by atoms with Crippen LogP contribution in [0.3, 0.4) is 0 Å². The number of rotatable bonds is 11. The number of alkyl halides is 6. The monoisotopic (exact) mass is 410 g/mol. The second kappa shape index (κ2) is 10.1. The van der Waals surface area contributed by atoms with Crippen LogP contribution in [0.15, 0.2) is 23.8 Å². The van der Waals surface area contributed by atoms with Gasteiger partial charge in [-0.05, 0) is 12.8 Å². The highest BCUT2D eigenvalue weighted by molar-refractivity contribution is 5.05. The first kappa shape index (κ1) is 24.6. The molecule has 0 aromatic carbocycles. The molecule has 0 spiro atoms. The lowest BCUT2D eigenvalue weighted by atomic mass is 10.0. The van der Waals surface area contributed by atoms with Gasteiger partial charge in [0.25, 0.3) is 0 Å². The Bertz CT molecular complexity index is 456. The first-order valence-corrected chi connectivity index (χ1v) is 7.17. The zero-order valence-corrected chi connectivity index (χ0v) is 12.9. The van der Waals surface area contributed by atoms with Crippen molar-refractivity contribution in [1.82, 2.24) is 0 Å². The lowest BCUT2D eigenvalue weighted by molar-refractivity contribution is -0.0218. The van der Waals surface area contributed by atoms with E-state index in [1.807, 2.05) is 0 Å². The molecule has 0 aliphatic heterocycles. The van der Waals surface area contributed by atoms with E-state index in [1.54, 1.807) is 0 Å². The van der Waals surface area contributed by atoms with Crippen molar-refractivity contribution in [2.75, 3.05) is 0 Å². The van der Waals surface area contributed by atoms with Gasteiger partial charge < -0.3 is 0 Å². The molecule has 0 aromatic heterocycles. The third kappa shape index (κ3) is 8.35. The molecule has 0 aliphatic rings. The molecule has 0 fully saturated rings. The summed E-state index contributed by atoms with van der Waals surface area (Å²) in [6.07, 6.45) is -17.4. The molecule has 0 radical (unpaired) electrons. The van der Waals surface area contributed by atoms with Gasteiger partial charge in [-0.15, -0.1) is 0 Å². The lowest BCUT2D eigenvalue weighted by Gasteiger charge is -2.17. The maximum atomic E-state index is 13.2. The number of hydrogen-bond acceptors (Lipinski definition) is 0. The van der Waals surface area contributed by atoms with Crippen molar-refractivity contribution in [2.24, 2.45) is 0 Å². The van der Waals surface area contributed by atoms with Crippen LogP contribution in [0.2, 0.25) is 0 Å². The van der Waals surface area contributed by atoms with Crippen molar-refractivity contribution in [3.05, 3.63) is 23.8 Å². The van der Waals surface area contributed by atoms with E-state index in [9.17, 15) is 52.7 Å². The minimum Gasteiger partial charge on any atom is -0.247 e. The van der Waals surface area contributed by atoms with Crippen molar-refractivity contribution in [2.45, 2.75) is 62.7 Å². The largest absolute Gasteiger partial charge is 0.307 e. The van der Waals surface area contributed by atoms with Crippen LogP contribution in [0.4, 0.5) is 52.7 Å². The van der Waals surface area contributed by atoms with E-state index >= 15 is 0 Å². The Kier molecular flexibility index (Phi) is 9.57. The predicted octanol–water partition coefficient (Wildman–Crippen LogP) is 7.43. The summed E-state index contributed by atoms with van der Waals surface area (Å²) in [4.78, 5) is 0. The lowest BCUT2D eigenvalue weighted by Crippen LogP contribution is -2.24. The summed E-state index contributed by atoms with van der Waals surface area (Å²) in [5.41, 5.74) is 0. The van der Waals surface area contributed by atoms with Crippen LogP contribution in [0.1, 0.15) is 38.5 Å². The summed E-state index contributed by atoms with van der Waals surface area (Å²) in [5.74, 6) is -15.6. The molecule has 0 bridgehead atoms. The summed E-state index contributed by atoms with van der Waals surface area (Å²) in [6.45, 7) is 0. The topological polar surface area (TPSA) is 0 Å². The average molecular weight is 410 g/mol. The van der Waals surface area contributed by atoms with Crippen LogP contribution in [0.25, 0.3) is 0 Å². The fourth-order valence-corrected chi connectivity index (χ4v) is 1.95. The Morgan fingerprint density at radius 1 is 0.577 bits per heavy atom. The highest BCUT2D eigenvalue weighted by atomic mass is 19.3. The van der Waals surface area contributed by atoms with E-state index in [-0.39, 0.29) is 12.8 Å². The van der Waals surface area contributed by atoms with Gasteiger partial charge in [-0.3, -0.25) is 0 Å². The Labute approximate surface area is 140 Å². The van der Waals surface area contributed by atoms with E-state index in [2.05, 4.69) is 0 Å². The molecule has 0 aromatic rings. The first-order chi connectivity index (χ1) is 11.7. The molecule has 0 heterocycles. The van der Waals surface area contributed by atoms with Crippen molar-refractivity contribution >= 4 is 0 Å².